The van der Waals surface area contributed by atoms with Crippen molar-refractivity contribution in [3.63, 3.8) is 0 Å². The number of aromatic hydroxyl groups is 1. The van der Waals surface area contributed by atoms with Crippen LogP contribution in [0.2, 0.25) is 5.02 Å². The molecule has 134 valence electrons. The molecule has 0 aromatic heterocycles. The van der Waals surface area contributed by atoms with Gasteiger partial charge in [0.1, 0.15) is 5.82 Å². The number of carbonyl (C=O) groups is 1. The fraction of sp³-hybridized carbons (Fsp3) is 0.316. The Morgan fingerprint density at radius 1 is 1.32 bits per heavy atom. The van der Waals surface area contributed by atoms with Crippen molar-refractivity contribution in [3.8, 4) is 17.2 Å². The average Bonchev–Trinajstić information content (AvgIpc) is 2.56. The second-order valence-corrected chi connectivity index (χ2v) is 6.17. The second-order valence-electron chi connectivity index (χ2n) is 5.76. The molecular weight excluding hydrogens is 347 g/mol. The monoisotopic (exact) mass is 366 g/mol. The fourth-order valence-corrected chi connectivity index (χ4v) is 2.84. The number of phenols is 1. The molecule has 1 unspecified atom stereocenters. The lowest BCUT2D eigenvalue weighted by Crippen LogP contribution is -2.06. The Hall–Kier alpha value is -2.27. The van der Waals surface area contributed by atoms with Crippen molar-refractivity contribution >= 4 is 17.4 Å². The Morgan fingerprint density at radius 2 is 1.96 bits per heavy atom. The van der Waals surface area contributed by atoms with Gasteiger partial charge in [-0.2, -0.15) is 0 Å². The van der Waals surface area contributed by atoms with Gasteiger partial charge in [-0.1, -0.05) is 30.7 Å². The molecule has 0 amide bonds. The smallest absolute Gasteiger partial charge is 0.204 e. The summed E-state index contributed by atoms with van der Waals surface area (Å²) in [5.74, 6) is -0.501. The van der Waals surface area contributed by atoms with E-state index in [1.54, 1.807) is 12.1 Å². The molecule has 0 bridgehead atoms. The maximum atomic E-state index is 13.0. The summed E-state index contributed by atoms with van der Waals surface area (Å²) in [6.07, 6.45) is 0.631. The van der Waals surface area contributed by atoms with Crippen molar-refractivity contribution in [1.82, 2.24) is 0 Å². The van der Waals surface area contributed by atoms with Crippen LogP contribution in [0.1, 0.15) is 42.1 Å². The second kappa shape index (κ2) is 8.21. The van der Waals surface area contributed by atoms with Crippen molar-refractivity contribution in [2.45, 2.75) is 26.2 Å². The van der Waals surface area contributed by atoms with Crippen LogP contribution in [-0.4, -0.2) is 24.6 Å². The van der Waals surface area contributed by atoms with E-state index in [2.05, 4.69) is 0 Å². The Labute approximate surface area is 151 Å². The van der Waals surface area contributed by atoms with E-state index in [-0.39, 0.29) is 52.0 Å². The zero-order chi connectivity index (χ0) is 18.6. The lowest BCUT2D eigenvalue weighted by molar-refractivity contribution is 0.101. The number of benzene rings is 2. The number of hydrogen-bond donors (Lipinski definition) is 1. The van der Waals surface area contributed by atoms with Crippen LogP contribution in [-0.2, 0) is 0 Å². The molecule has 0 fully saturated rings. The van der Waals surface area contributed by atoms with Gasteiger partial charge in [-0.05, 0) is 37.0 Å². The van der Waals surface area contributed by atoms with E-state index in [4.69, 9.17) is 21.1 Å². The summed E-state index contributed by atoms with van der Waals surface area (Å²) >= 11 is 6.01. The van der Waals surface area contributed by atoms with Gasteiger partial charge in [0.2, 0.25) is 5.75 Å². The van der Waals surface area contributed by atoms with Crippen molar-refractivity contribution in [3.05, 3.63) is 52.3 Å². The molecule has 0 radical (unpaired) electrons. The van der Waals surface area contributed by atoms with E-state index in [0.717, 1.165) is 5.56 Å². The van der Waals surface area contributed by atoms with Gasteiger partial charge in [0, 0.05) is 6.07 Å². The molecule has 0 saturated carbocycles. The van der Waals surface area contributed by atoms with E-state index < -0.39 is 0 Å². The summed E-state index contributed by atoms with van der Waals surface area (Å²) in [5, 5.41) is 10.4. The molecule has 2 rings (SSSR count). The SMILES string of the molecule is COc1cc(Cl)c(C(C)=O)c(O)c1OCCC(C)c1ccc(F)cc1. The molecule has 0 aliphatic heterocycles. The first-order valence-corrected chi connectivity index (χ1v) is 8.21. The number of phenolic OH excluding ortho intramolecular Hbond substituents is 1. The highest BCUT2D eigenvalue weighted by molar-refractivity contribution is 6.34. The lowest BCUT2D eigenvalue weighted by Gasteiger charge is -2.17. The summed E-state index contributed by atoms with van der Waals surface area (Å²) in [7, 11) is 1.42. The normalized spacial score (nSPS) is 11.9. The van der Waals surface area contributed by atoms with E-state index in [1.165, 1.54) is 32.2 Å². The predicted octanol–water partition coefficient (Wildman–Crippen LogP) is 4.97. The van der Waals surface area contributed by atoms with Crippen LogP contribution >= 0.6 is 11.6 Å². The zero-order valence-electron chi connectivity index (χ0n) is 14.3. The topological polar surface area (TPSA) is 55.8 Å². The third-order valence-electron chi connectivity index (χ3n) is 3.98. The number of ether oxygens (including phenoxy) is 2. The van der Waals surface area contributed by atoms with Crippen LogP contribution in [0.5, 0.6) is 17.2 Å². The van der Waals surface area contributed by atoms with Crippen molar-refractivity contribution in [1.29, 1.82) is 0 Å². The number of halogens is 2. The fourth-order valence-electron chi connectivity index (χ4n) is 2.52. The van der Waals surface area contributed by atoms with Gasteiger partial charge in [0.25, 0.3) is 0 Å². The highest BCUT2D eigenvalue weighted by atomic mass is 35.5. The quantitative estimate of drug-likeness (QED) is 0.703. The molecule has 0 spiro atoms. The van der Waals surface area contributed by atoms with Gasteiger partial charge < -0.3 is 14.6 Å². The maximum absolute atomic E-state index is 13.0. The van der Waals surface area contributed by atoms with Crippen LogP contribution in [0.25, 0.3) is 0 Å². The Balaban J connectivity index is 2.13. The minimum atomic E-state index is -0.366. The number of ketones is 1. The molecule has 2 aromatic carbocycles. The number of rotatable bonds is 7. The van der Waals surface area contributed by atoms with Crippen LogP contribution in [0, 0.1) is 5.82 Å². The van der Waals surface area contributed by atoms with E-state index in [1.807, 2.05) is 6.92 Å². The predicted molar refractivity (Wildman–Crippen MR) is 94.6 cm³/mol. The van der Waals surface area contributed by atoms with E-state index in [0.29, 0.717) is 6.42 Å². The summed E-state index contributed by atoms with van der Waals surface area (Å²) < 4.78 is 23.8. The third-order valence-corrected chi connectivity index (χ3v) is 4.28. The third kappa shape index (κ3) is 4.42. The van der Waals surface area contributed by atoms with Gasteiger partial charge in [-0.3, -0.25) is 4.79 Å². The van der Waals surface area contributed by atoms with Crippen molar-refractivity contribution < 1.29 is 23.8 Å². The number of Topliss-reactive ketones (excluding diaryl/α,β-unsaturated/α-hetero) is 1. The standard InChI is InChI=1S/C19H20ClFO4/c1-11(13-4-6-14(21)7-5-13)8-9-25-19-16(24-3)10-15(20)17(12(2)22)18(19)23/h4-7,10-11,23H,8-9H2,1-3H3. The van der Waals surface area contributed by atoms with Crippen LogP contribution < -0.4 is 9.47 Å². The molecule has 4 nitrogen and oxygen atoms in total. The largest absolute Gasteiger partial charge is 0.504 e. The molecule has 1 N–H and O–H groups in total. The van der Waals surface area contributed by atoms with Gasteiger partial charge in [-0.25, -0.2) is 4.39 Å². The summed E-state index contributed by atoms with van der Waals surface area (Å²) in [6.45, 7) is 3.59. The molecule has 25 heavy (non-hydrogen) atoms. The first-order chi connectivity index (χ1) is 11.8. The van der Waals surface area contributed by atoms with Gasteiger partial charge in [-0.15, -0.1) is 0 Å². The van der Waals surface area contributed by atoms with Crippen LogP contribution in [0.4, 0.5) is 4.39 Å². The van der Waals surface area contributed by atoms with Gasteiger partial charge in [0.05, 0.1) is 24.3 Å². The summed E-state index contributed by atoms with van der Waals surface area (Å²) in [4.78, 5) is 11.7. The minimum Gasteiger partial charge on any atom is -0.504 e. The molecule has 2 aromatic rings. The molecule has 0 aliphatic carbocycles. The van der Waals surface area contributed by atoms with Crippen molar-refractivity contribution in [2.75, 3.05) is 13.7 Å². The Bertz CT molecular complexity index is 759. The Morgan fingerprint density at radius 3 is 2.52 bits per heavy atom. The van der Waals surface area contributed by atoms with E-state index in [9.17, 15) is 14.3 Å². The minimum absolute atomic E-state index is 0.00375. The number of hydrogen-bond acceptors (Lipinski definition) is 4. The molecular formula is C19H20ClFO4. The van der Waals surface area contributed by atoms with Gasteiger partial charge >= 0.3 is 0 Å². The molecule has 0 aliphatic rings. The van der Waals surface area contributed by atoms with Crippen LogP contribution in [0.3, 0.4) is 0 Å². The number of carbonyl (C=O) groups excluding carboxylic acids is 1. The highest BCUT2D eigenvalue weighted by Crippen LogP contribution is 2.43. The Kier molecular flexibility index (Phi) is 6.26. The molecule has 0 heterocycles. The first-order valence-electron chi connectivity index (χ1n) is 7.83. The molecule has 6 heteroatoms. The van der Waals surface area contributed by atoms with E-state index >= 15 is 0 Å². The highest BCUT2D eigenvalue weighted by Gasteiger charge is 2.22. The van der Waals surface area contributed by atoms with Gasteiger partial charge in [0.15, 0.2) is 17.3 Å². The van der Waals surface area contributed by atoms with Crippen molar-refractivity contribution in [2.24, 2.45) is 0 Å². The molecule has 1 atom stereocenters. The number of methoxy groups -OCH3 is 1. The summed E-state index contributed by atoms with van der Waals surface area (Å²) in [5.41, 5.74) is 0.991. The average molecular weight is 367 g/mol. The maximum Gasteiger partial charge on any atom is 0.204 e. The zero-order valence-corrected chi connectivity index (χ0v) is 15.1. The lowest BCUT2D eigenvalue weighted by atomic mass is 9.98. The first kappa shape index (κ1) is 19.1. The van der Waals surface area contributed by atoms with Crippen LogP contribution in [0.15, 0.2) is 30.3 Å². The summed E-state index contributed by atoms with van der Waals surface area (Å²) in [6, 6.07) is 7.74. The molecule has 0 saturated heterocycles.